The zero-order valence-electron chi connectivity index (χ0n) is 15.1. The van der Waals surface area contributed by atoms with E-state index in [9.17, 15) is 9.59 Å². The minimum absolute atomic E-state index is 0.410. The molecular weight excluding hydrogens is 352 g/mol. The molecule has 4 aromatic rings. The summed E-state index contributed by atoms with van der Waals surface area (Å²) in [6.07, 6.45) is 0. The Morgan fingerprint density at radius 3 is 2.32 bits per heavy atom. The summed E-state index contributed by atoms with van der Waals surface area (Å²) in [4.78, 5) is 24.8. The molecular formula is C24H16O4. The molecule has 0 spiro atoms. The Morgan fingerprint density at radius 1 is 0.857 bits per heavy atom. The third kappa shape index (κ3) is 2.31. The van der Waals surface area contributed by atoms with Crippen LogP contribution in [0.25, 0.3) is 21.5 Å². The largest absolute Gasteiger partial charge is 0.414 e. The normalized spacial score (nSPS) is 18.1. The van der Waals surface area contributed by atoms with Crippen LogP contribution in [0.2, 0.25) is 0 Å². The molecule has 0 amide bonds. The van der Waals surface area contributed by atoms with Crippen molar-refractivity contribution >= 4 is 33.5 Å². The van der Waals surface area contributed by atoms with E-state index >= 15 is 0 Å². The second-order valence-electron chi connectivity index (χ2n) is 6.87. The molecule has 1 heterocycles. The molecule has 136 valence electrons. The lowest BCUT2D eigenvalue weighted by Gasteiger charge is -2.29. The van der Waals surface area contributed by atoms with E-state index in [0.717, 1.165) is 21.5 Å². The second-order valence-corrected chi connectivity index (χ2v) is 6.87. The first kappa shape index (κ1) is 16.5. The van der Waals surface area contributed by atoms with E-state index in [0.29, 0.717) is 16.7 Å². The fraction of sp³-hybridized carbons (Fsp3) is 0.0833. The Hall–Kier alpha value is -3.66. The number of hydrogen-bond acceptors (Lipinski definition) is 4. The average Bonchev–Trinajstić information content (AvgIpc) is 3.00. The van der Waals surface area contributed by atoms with Crippen LogP contribution in [0, 0.1) is 0 Å². The van der Waals surface area contributed by atoms with E-state index in [2.05, 4.69) is 0 Å². The Bertz CT molecular complexity index is 1270. The van der Waals surface area contributed by atoms with Crippen LogP contribution in [0.1, 0.15) is 28.4 Å². The molecule has 0 unspecified atom stereocenters. The maximum Gasteiger partial charge on any atom is 0.342 e. The highest BCUT2D eigenvalue weighted by molar-refractivity contribution is 6.03. The highest BCUT2D eigenvalue weighted by Crippen LogP contribution is 2.47. The maximum atomic E-state index is 12.7. The zero-order valence-corrected chi connectivity index (χ0v) is 15.1. The van der Waals surface area contributed by atoms with E-state index in [1.807, 2.05) is 72.8 Å². The van der Waals surface area contributed by atoms with E-state index in [1.54, 1.807) is 6.07 Å². The highest BCUT2D eigenvalue weighted by atomic mass is 16.7. The van der Waals surface area contributed by atoms with Crippen molar-refractivity contribution in [1.82, 2.24) is 0 Å². The van der Waals surface area contributed by atoms with Gasteiger partial charge < -0.3 is 9.47 Å². The lowest BCUT2D eigenvalue weighted by Crippen LogP contribution is -2.33. The number of hydrogen-bond donors (Lipinski definition) is 0. The first-order chi connectivity index (χ1) is 13.6. The fourth-order valence-electron chi connectivity index (χ4n) is 3.96. The van der Waals surface area contributed by atoms with Gasteiger partial charge in [0.05, 0.1) is 11.1 Å². The standard InChI is InChI=1S/C24H16O4/c1-15(25)27-24(19-12-10-16-6-2-3-8-18(16)14-19)22-20-9-5-4-7-17(20)11-13-21(22)23(26)28-24/h2-14H,1H3/t24-/m0/s1. The fourth-order valence-corrected chi connectivity index (χ4v) is 3.96. The van der Waals surface area contributed by atoms with Crippen LogP contribution in [-0.4, -0.2) is 11.9 Å². The van der Waals surface area contributed by atoms with E-state index in [4.69, 9.17) is 9.47 Å². The van der Waals surface area contributed by atoms with Gasteiger partial charge in [-0.25, -0.2) is 4.79 Å². The van der Waals surface area contributed by atoms with Gasteiger partial charge in [-0.2, -0.15) is 0 Å². The Kier molecular flexibility index (Phi) is 3.49. The molecule has 0 bridgehead atoms. The highest BCUT2D eigenvalue weighted by Gasteiger charge is 2.51. The maximum absolute atomic E-state index is 12.7. The number of benzene rings is 4. The zero-order chi connectivity index (χ0) is 19.3. The number of esters is 2. The molecule has 0 fully saturated rings. The van der Waals surface area contributed by atoms with Crippen LogP contribution in [0.3, 0.4) is 0 Å². The first-order valence-corrected chi connectivity index (χ1v) is 9.03. The molecule has 4 nitrogen and oxygen atoms in total. The molecule has 4 aromatic carbocycles. The summed E-state index contributed by atoms with van der Waals surface area (Å²) >= 11 is 0. The van der Waals surface area contributed by atoms with Crippen molar-refractivity contribution in [2.75, 3.05) is 0 Å². The van der Waals surface area contributed by atoms with Crippen molar-refractivity contribution in [2.24, 2.45) is 0 Å². The monoisotopic (exact) mass is 368 g/mol. The van der Waals surface area contributed by atoms with Gasteiger partial charge in [0, 0.05) is 12.5 Å². The molecule has 1 atom stereocenters. The van der Waals surface area contributed by atoms with Crippen LogP contribution in [0.5, 0.6) is 0 Å². The van der Waals surface area contributed by atoms with Gasteiger partial charge >= 0.3 is 17.7 Å². The molecule has 0 N–H and O–H groups in total. The van der Waals surface area contributed by atoms with Crippen molar-refractivity contribution in [1.29, 1.82) is 0 Å². The van der Waals surface area contributed by atoms with Crippen LogP contribution < -0.4 is 0 Å². The van der Waals surface area contributed by atoms with E-state index in [-0.39, 0.29) is 0 Å². The number of carbonyl (C=O) groups excluding carboxylic acids is 2. The van der Waals surface area contributed by atoms with Gasteiger partial charge in [-0.05, 0) is 33.7 Å². The van der Waals surface area contributed by atoms with Gasteiger partial charge in [0.15, 0.2) is 0 Å². The van der Waals surface area contributed by atoms with E-state index < -0.39 is 17.7 Å². The second kappa shape index (κ2) is 5.92. The third-order valence-corrected chi connectivity index (χ3v) is 5.13. The Morgan fingerprint density at radius 2 is 1.54 bits per heavy atom. The van der Waals surface area contributed by atoms with Crippen molar-refractivity contribution in [3.8, 4) is 0 Å². The van der Waals surface area contributed by atoms with Gasteiger partial charge in [0.1, 0.15) is 0 Å². The number of carbonyl (C=O) groups is 2. The predicted molar refractivity (Wildman–Crippen MR) is 106 cm³/mol. The van der Waals surface area contributed by atoms with Crippen LogP contribution in [-0.2, 0) is 20.1 Å². The minimum atomic E-state index is -1.61. The smallest absolute Gasteiger partial charge is 0.342 e. The molecule has 0 saturated carbocycles. The van der Waals surface area contributed by atoms with Gasteiger partial charge in [-0.3, -0.25) is 4.79 Å². The Labute approximate surface area is 161 Å². The van der Waals surface area contributed by atoms with Crippen molar-refractivity contribution in [2.45, 2.75) is 12.7 Å². The molecule has 1 aliphatic rings. The van der Waals surface area contributed by atoms with Crippen molar-refractivity contribution < 1.29 is 19.1 Å². The van der Waals surface area contributed by atoms with Crippen LogP contribution >= 0.6 is 0 Å². The molecule has 0 aliphatic carbocycles. The molecule has 5 rings (SSSR count). The first-order valence-electron chi connectivity index (χ1n) is 9.03. The lowest BCUT2D eigenvalue weighted by molar-refractivity contribution is -0.190. The molecule has 0 aromatic heterocycles. The van der Waals surface area contributed by atoms with Gasteiger partial charge in [-0.15, -0.1) is 0 Å². The van der Waals surface area contributed by atoms with Gasteiger partial charge in [-0.1, -0.05) is 66.7 Å². The quantitative estimate of drug-likeness (QED) is 0.471. The Balaban J connectivity index is 1.86. The van der Waals surface area contributed by atoms with Crippen molar-refractivity contribution in [3.63, 3.8) is 0 Å². The lowest BCUT2D eigenvalue weighted by atomic mass is 9.89. The number of rotatable bonds is 2. The molecule has 4 heteroatoms. The summed E-state index contributed by atoms with van der Waals surface area (Å²) in [5.41, 5.74) is 1.58. The van der Waals surface area contributed by atoms with Gasteiger partial charge in [0.25, 0.3) is 0 Å². The predicted octanol–water partition coefficient (Wildman–Crippen LogP) is 4.93. The summed E-state index contributed by atoms with van der Waals surface area (Å²) < 4.78 is 11.5. The summed E-state index contributed by atoms with van der Waals surface area (Å²) in [5, 5.41) is 3.78. The molecule has 0 saturated heterocycles. The summed E-state index contributed by atoms with van der Waals surface area (Å²) in [7, 11) is 0. The van der Waals surface area contributed by atoms with Crippen LogP contribution in [0.4, 0.5) is 0 Å². The average molecular weight is 368 g/mol. The SMILES string of the molecule is CC(=O)O[C@@]1(c2ccc3ccccc3c2)OC(=O)c2ccc3ccccc3c21. The van der Waals surface area contributed by atoms with Crippen LogP contribution in [0.15, 0.2) is 78.9 Å². The third-order valence-electron chi connectivity index (χ3n) is 5.13. The summed E-state index contributed by atoms with van der Waals surface area (Å²) in [6.45, 7) is 1.32. The number of fused-ring (bicyclic) bond motifs is 4. The molecule has 1 aliphatic heterocycles. The van der Waals surface area contributed by atoms with Crippen molar-refractivity contribution in [3.05, 3.63) is 95.6 Å². The summed E-state index contributed by atoms with van der Waals surface area (Å²) in [6, 6.07) is 24.9. The topological polar surface area (TPSA) is 52.6 Å². The van der Waals surface area contributed by atoms with E-state index in [1.165, 1.54) is 6.92 Å². The number of ether oxygens (including phenoxy) is 2. The number of cyclic esters (lactones) is 1. The molecule has 28 heavy (non-hydrogen) atoms. The molecule has 0 radical (unpaired) electrons. The minimum Gasteiger partial charge on any atom is -0.414 e. The van der Waals surface area contributed by atoms with Gasteiger partial charge in [0.2, 0.25) is 0 Å². The summed E-state index contributed by atoms with van der Waals surface area (Å²) in [5.74, 6) is -2.64.